The molecule has 0 radical (unpaired) electrons. The van der Waals surface area contributed by atoms with E-state index in [0.717, 1.165) is 6.54 Å². The van der Waals surface area contributed by atoms with Gasteiger partial charge in [-0.25, -0.2) is 4.39 Å². The van der Waals surface area contributed by atoms with Crippen LogP contribution in [0, 0.1) is 11.7 Å². The average molecular weight is 380 g/mol. The fraction of sp³-hybridized carbons (Fsp3) is 0.435. The molecule has 0 bridgehead atoms. The normalized spacial score (nSPS) is 26.0. The minimum atomic E-state index is -0.468. The second-order valence-electron chi connectivity index (χ2n) is 8.48. The molecule has 1 N–H and O–H groups in total. The van der Waals surface area contributed by atoms with E-state index in [1.54, 1.807) is 23.1 Å². The SMILES string of the molecule is O=C(c1ccccc1F)N1CC2(C1)[C@H](c1ccccc1)[C@@H](CO)N2CC1CC1. The monoisotopic (exact) mass is 380 g/mol. The van der Waals surface area contributed by atoms with Crippen molar-refractivity contribution in [3.05, 3.63) is 71.5 Å². The van der Waals surface area contributed by atoms with Crippen LogP contribution in [-0.2, 0) is 0 Å². The van der Waals surface area contributed by atoms with E-state index >= 15 is 0 Å². The average Bonchev–Trinajstić information content (AvgIpc) is 3.49. The van der Waals surface area contributed by atoms with Crippen LogP contribution in [0.5, 0.6) is 0 Å². The van der Waals surface area contributed by atoms with E-state index in [1.165, 1.54) is 24.5 Å². The van der Waals surface area contributed by atoms with Crippen LogP contribution in [0.25, 0.3) is 0 Å². The molecule has 0 aromatic heterocycles. The molecule has 2 saturated heterocycles. The van der Waals surface area contributed by atoms with E-state index in [4.69, 9.17) is 0 Å². The summed E-state index contributed by atoms with van der Waals surface area (Å²) in [7, 11) is 0. The Kier molecular flexibility index (Phi) is 4.25. The van der Waals surface area contributed by atoms with Crippen molar-refractivity contribution in [3.8, 4) is 0 Å². The molecule has 0 unspecified atom stereocenters. The van der Waals surface area contributed by atoms with Crippen LogP contribution in [-0.4, -0.2) is 58.6 Å². The Balaban J connectivity index is 1.41. The largest absolute Gasteiger partial charge is 0.395 e. The maximum atomic E-state index is 14.1. The summed E-state index contributed by atoms with van der Waals surface area (Å²) < 4.78 is 14.1. The van der Waals surface area contributed by atoms with Crippen molar-refractivity contribution >= 4 is 5.91 Å². The Morgan fingerprint density at radius 3 is 2.39 bits per heavy atom. The van der Waals surface area contributed by atoms with Gasteiger partial charge < -0.3 is 10.0 Å². The minimum absolute atomic E-state index is 0.0914. The highest BCUT2D eigenvalue weighted by molar-refractivity contribution is 5.95. The lowest BCUT2D eigenvalue weighted by Crippen LogP contribution is -2.85. The van der Waals surface area contributed by atoms with Crippen LogP contribution >= 0.6 is 0 Å². The van der Waals surface area contributed by atoms with Gasteiger partial charge in [-0.1, -0.05) is 42.5 Å². The molecule has 2 heterocycles. The molecule has 2 aliphatic heterocycles. The smallest absolute Gasteiger partial charge is 0.256 e. The molecule has 146 valence electrons. The molecule has 5 heteroatoms. The Morgan fingerprint density at radius 2 is 1.75 bits per heavy atom. The molecule has 2 atom stereocenters. The van der Waals surface area contributed by atoms with Gasteiger partial charge in [0, 0.05) is 31.6 Å². The predicted octanol–water partition coefficient (Wildman–Crippen LogP) is 2.89. The molecular weight excluding hydrogens is 355 g/mol. The molecule has 1 saturated carbocycles. The number of amides is 1. The first-order valence-electron chi connectivity index (χ1n) is 10.1. The van der Waals surface area contributed by atoms with Gasteiger partial charge in [0.25, 0.3) is 5.91 Å². The first-order valence-corrected chi connectivity index (χ1v) is 10.1. The summed E-state index contributed by atoms with van der Waals surface area (Å²) in [6, 6.07) is 16.6. The second-order valence-corrected chi connectivity index (χ2v) is 8.48. The van der Waals surface area contributed by atoms with Crippen LogP contribution in [0.1, 0.15) is 34.7 Å². The van der Waals surface area contributed by atoms with Crippen LogP contribution in [0.3, 0.4) is 0 Å². The van der Waals surface area contributed by atoms with Gasteiger partial charge in [-0.15, -0.1) is 0 Å². The Morgan fingerprint density at radius 1 is 1.07 bits per heavy atom. The molecule has 1 aliphatic carbocycles. The van der Waals surface area contributed by atoms with Crippen LogP contribution in [0.15, 0.2) is 54.6 Å². The summed E-state index contributed by atoms with van der Waals surface area (Å²) in [5.74, 6) is 0.195. The van der Waals surface area contributed by atoms with Crippen LogP contribution in [0.2, 0.25) is 0 Å². The van der Waals surface area contributed by atoms with Crippen molar-refractivity contribution in [3.63, 3.8) is 0 Å². The van der Waals surface area contributed by atoms with Gasteiger partial charge in [0.15, 0.2) is 0 Å². The molecule has 2 aromatic rings. The summed E-state index contributed by atoms with van der Waals surface area (Å²) in [4.78, 5) is 17.0. The van der Waals surface area contributed by atoms with E-state index in [9.17, 15) is 14.3 Å². The van der Waals surface area contributed by atoms with Gasteiger partial charge in [0.2, 0.25) is 0 Å². The van der Waals surface area contributed by atoms with Crippen LogP contribution in [0.4, 0.5) is 4.39 Å². The molecule has 5 rings (SSSR count). The highest BCUT2D eigenvalue weighted by atomic mass is 19.1. The summed E-state index contributed by atoms with van der Waals surface area (Å²) in [5.41, 5.74) is 1.21. The third kappa shape index (κ3) is 2.68. The summed E-state index contributed by atoms with van der Waals surface area (Å²) in [5, 5.41) is 10.1. The van der Waals surface area contributed by atoms with Crippen molar-refractivity contribution in [2.24, 2.45) is 5.92 Å². The quantitative estimate of drug-likeness (QED) is 0.868. The lowest BCUT2D eigenvalue weighted by atomic mass is 9.60. The molecule has 3 fully saturated rings. The number of benzene rings is 2. The van der Waals surface area contributed by atoms with Gasteiger partial charge in [-0.2, -0.15) is 0 Å². The summed E-state index contributed by atoms with van der Waals surface area (Å²) >= 11 is 0. The maximum absolute atomic E-state index is 14.1. The molecule has 1 spiro atoms. The van der Waals surface area contributed by atoms with Crippen molar-refractivity contribution in [2.75, 3.05) is 26.2 Å². The molecule has 2 aromatic carbocycles. The highest BCUT2D eigenvalue weighted by Crippen LogP contribution is 2.55. The molecule has 4 nitrogen and oxygen atoms in total. The zero-order valence-electron chi connectivity index (χ0n) is 15.8. The third-order valence-electron chi connectivity index (χ3n) is 6.75. The fourth-order valence-electron chi connectivity index (χ4n) is 5.20. The van der Waals surface area contributed by atoms with E-state index in [-0.39, 0.29) is 35.6 Å². The number of carbonyl (C=O) groups excluding carboxylic acids is 1. The van der Waals surface area contributed by atoms with Crippen molar-refractivity contribution in [1.29, 1.82) is 0 Å². The lowest BCUT2D eigenvalue weighted by molar-refractivity contribution is -0.180. The number of halogens is 1. The number of aliphatic hydroxyl groups is 1. The van der Waals surface area contributed by atoms with E-state index < -0.39 is 5.82 Å². The van der Waals surface area contributed by atoms with Gasteiger partial charge in [-0.05, 0) is 36.5 Å². The molecular formula is C23H25FN2O2. The van der Waals surface area contributed by atoms with Gasteiger partial charge in [-0.3, -0.25) is 9.69 Å². The number of hydrogen-bond acceptors (Lipinski definition) is 3. The van der Waals surface area contributed by atoms with Crippen molar-refractivity contribution < 1.29 is 14.3 Å². The molecule has 28 heavy (non-hydrogen) atoms. The standard InChI is InChI=1S/C23H25FN2O2/c24-19-9-5-4-8-18(19)22(28)25-14-23(15-25)21(17-6-2-1-3-7-17)20(13-27)26(23)12-16-10-11-16/h1-9,16,20-21,27H,10-15H2/t20-,21-/m1/s1. The fourth-order valence-corrected chi connectivity index (χ4v) is 5.20. The number of carbonyl (C=O) groups is 1. The summed E-state index contributed by atoms with van der Waals surface area (Å²) in [6.45, 7) is 2.28. The van der Waals surface area contributed by atoms with E-state index in [2.05, 4.69) is 17.0 Å². The summed E-state index contributed by atoms with van der Waals surface area (Å²) in [6.07, 6.45) is 2.50. The topological polar surface area (TPSA) is 43.8 Å². The first kappa shape index (κ1) is 17.8. The number of hydrogen-bond donors (Lipinski definition) is 1. The predicted molar refractivity (Wildman–Crippen MR) is 105 cm³/mol. The Hall–Kier alpha value is -2.24. The number of likely N-dealkylation sites (tertiary alicyclic amines) is 2. The molecule has 3 aliphatic rings. The minimum Gasteiger partial charge on any atom is -0.395 e. The number of nitrogens with zero attached hydrogens (tertiary/aromatic N) is 2. The van der Waals surface area contributed by atoms with Crippen molar-refractivity contribution in [2.45, 2.75) is 30.3 Å². The number of rotatable bonds is 5. The zero-order chi connectivity index (χ0) is 19.3. The Labute approximate surface area is 164 Å². The van der Waals surface area contributed by atoms with Gasteiger partial charge in [0.05, 0.1) is 17.7 Å². The van der Waals surface area contributed by atoms with E-state index in [1.807, 2.05) is 18.2 Å². The highest BCUT2D eigenvalue weighted by Gasteiger charge is 2.66. The van der Waals surface area contributed by atoms with E-state index in [0.29, 0.717) is 19.0 Å². The Bertz CT molecular complexity index is 877. The number of aliphatic hydroxyl groups excluding tert-OH is 1. The van der Waals surface area contributed by atoms with Gasteiger partial charge >= 0.3 is 0 Å². The van der Waals surface area contributed by atoms with Crippen LogP contribution < -0.4 is 0 Å². The van der Waals surface area contributed by atoms with Gasteiger partial charge in [0.1, 0.15) is 5.82 Å². The third-order valence-corrected chi connectivity index (χ3v) is 6.75. The molecule has 1 amide bonds. The maximum Gasteiger partial charge on any atom is 0.256 e. The second kappa shape index (κ2) is 6.68. The van der Waals surface area contributed by atoms with Crippen molar-refractivity contribution in [1.82, 2.24) is 9.80 Å². The zero-order valence-corrected chi connectivity index (χ0v) is 15.8. The lowest BCUT2D eigenvalue weighted by Gasteiger charge is -2.71. The first-order chi connectivity index (χ1) is 13.6.